The number of H-pyrrole nitrogens is 1. The van der Waals surface area contributed by atoms with Crippen LogP contribution < -0.4 is 21.5 Å². The summed E-state index contributed by atoms with van der Waals surface area (Å²) in [5.41, 5.74) is 1.53. The molecule has 0 spiro atoms. The number of rotatable bonds is 29. The van der Waals surface area contributed by atoms with Crippen LogP contribution in [0.4, 0.5) is 10.7 Å². The summed E-state index contributed by atoms with van der Waals surface area (Å²) in [7, 11) is -4.70. The van der Waals surface area contributed by atoms with Gasteiger partial charge in [-0.1, -0.05) is 63.3 Å². The number of hydrogen-bond acceptors (Lipinski definition) is 13. The van der Waals surface area contributed by atoms with E-state index in [1.54, 1.807) is 27.9 Å². The molecule has 1 aromatic heterocycles. The maximum Gasteiger partial charge on any atom is 0.321 e. The summed E-state index contributed by atoms with van der Waals surface area (Å²) in [5, 5.41) is 8.00. The van der Waals surface area contributed by atoms with Crippen LogP contribution >= 0.6 is 0 Å². The van der Waals surface area contributed by atoms with Crippen LogP contribution in [0.2, 0.25) is 51.4 Å². The minimum absolute atomic E-state index is 0. The van der Waals surface area contributed by atoms with Crippen molar-refractivity contribution in [3.8, 4) is 0 Å². The number of ether oxygens (including phenoxy) is 5. The number of nitrogens with zero attached hydrogens (tertiary/aromatic N) is 1. The average Bonchev–Trinajstić information content (AvgIpc) is 3.19. The third-order valence-electron chi connectivity index (χ3n) is 13.4. The molecule has 0 radical (unpaired) electrons. The topological polar surface area (TPSA) is 215 Å². The fourth-order valence-corrected chi connectivity index (χ4v) is 26.0. The second-order valence-corrected chi connectivity index (χ2v) is 37.7. The summed E-state index contributed by atoms with van der Waals surface area (Å²) in [6, 6.07) is 1.56. The van der Waals surface area contributed by atoms with E-state index >= 15 is 0 Å². The number of hydrogen-bond donors (Lipinski definition) is 4. The summed E-state index contributed by atoms with van der Waals surface area (Å²) < 4.78 is 41.2. The molecule has 75 heavy (non-hydrogen) atoms. The van der Waals surface area contributed by atoms with Crippen LogP contribution in [-0.4, -0.2) is 125 Å². The van der Waals surface area contributed by atoms with Crippen molar-refractivity contribution in [3.63, 3.8) is 0 Å². The SMILES string of the molecule is C.C.CC(=O)NCC1(C)CC(CC(=O)OCCOCCC[Si](C)(C)O[Si](C)(C)O[Si](C)(C)CCCOCCOC(=O)CC2CC(C)(C)CC(C)(C)C2)CC(C)(C)C1.CCNC(=O)Nc1nc(C)c(CCOC)c(=O)[nH]1. The Morgan fingerprint density at radius 1 is 0.680 bits per heavy atom. The summed E-state index contributed by atoms with van der Waals surface area (Å²) >= 11 is 0. The first-order valence-corrected chi connectivity index (χ1v) is 36.0. The molecule has 2 unspecified atom stereocenters. The molecular formula is C55H109N5O12Si3. The summed E-state index contributed by atoms with van der Waals surface area (Å²) in [5.74, 6) is 0.493. The Morgan fingerprint density at radius 3 is 1.59 bits per heavy atom. The molecule has 0 aliphatic heterocycles. The minimum Gasteiger partial charge on any atom is -0.463 e. The number of urea groups is 1. The molecule has 2 aliphatic carbocycles. The van der Waals surface area contributed by atoms with Gasteiger partial charge in [0.1, 0.15) is 13.2 Å². The number of carbonyl (C=O) groups excluding carboxylic acids is 4. The van der Waals surface area contributed by atoms with Crippen LogP contribution in [-0.2, 0) is 52.7 Å². The highest BCUT2D eigenvalue weighted by molar-refractivity contribution is 6.87. The Kier molecular flexibility index (Phi) is 31.5. The van der Waals surface area contributed by atoms with Crippen LogP contribution in [0.5, 0.6) is 0 Å². The molecule has 17 nitrogen and oxygen atoms in total. The summed E-state index contributed by atoms with van der Waals surface area (Å²) in [6.07, 6.45) is 9.47. The molecule has 0 bridgehead atoms. The molecule has 0 saturated heterocycles. The quantitative estimate of drug-likeness (QED) is 0.0334. The number of aromatic amines is 1. The van der Waals surface area contributed by atoms with Gasteiger partial charge in [0.2, 0.25) is 11.9 Å². The molecule has 20 heteroatoms. The number of methoxy groups -OCH3 is 1. The smallest absolute Gasteiger partial charge is 0.321 e. The zero-order chi connectivity index (χ0) is 55.3. The van der Waals surface area contributed by atoms with Crippen molar-refractivity contribution < 1.29 is 51.1 Å². The lowest BCUT2D eigenvalue weighted by Crippen LogP contribution is -2.52. The van der Waals surface area contributed by atoms with Gasteiger partial charge in [-0.05, 0) is 150 Å². The van der Waals surface area contributed by atoms with E-state index in [1.165, 1.54) is 6.42 Å². The molecule has 4 N–H and O–H groups in total. The molecule has 2 fully saturated rings. The first-order valence-electron chi connectivity index (χ1n) is 26.9. The van der Waals surface area contributed by atoms with Crippen molar-refractivity contribution in [2.45, 2.75) is 206 Å². The third kappa shape index (κ3) is 31.3. The molecule has 2 atom stereocenters. The van der Waals surface area contributed by atoms with Gasteiger partial charge in [0, 0.05) is 65.2 Å². The number of nitrogens with one attached hydrogen (secondary N) is 4. The third-order valence-corrected chi connectivity index (χ3v) is 24.8. The van der Waals surface area contributed by atoms with Crippen LogP contribution in [0.15, 0.2) is 4.79 Å². The van der Waals surface area contributed by atoms with E-state index in [4.69, 9.17) is 31.9 Å². The highest BCUT2D eigenvalue weighted by atomic mass is 28.5. The number of aryl methyl sites for hydroxylation is 1. The molecular weight excluding hydrogens is 1010 g/mol. The zero-order valence-electron chi connectivity index (χ0n) is 48.6. The second-order valence-electron chi connectivity index (χ2n) is 25.2. The van der Waals surface area contributed by atoms with E-state index in [2.05, 4.69) is 114 Å². The van der Waals surface area contributed by atoms with Crippen molar-refractivity contribution in [1.29, 1.82) is 0 Å². The Labute approximate surface area is 457 Å². The maximum absolute atomic E-state index is 12.7. The summed E-state index contributed by atoms with van der Waals surface area (Å²) in [6.45, 7) is 38.6. The van der Waals surface area contributed by atoms with Gasteiger partial charge in [-0.2, -0.15) is 0 Å². The molecule has 2 saturated carbocycles. The van der Waals surface area contributed by atoms with Gasteiger partial charge >= 0.3 is 26.5 Å². The van der Waals surface area contributed by atoms with Crippen LogP contribution in [0.25, 0.3) is 0 Å². The minimum atomic E-state index is -2.34. The predicted molar refractivity (Wildman–Crippen MR) is 310 cm³/mol. The van der Waals surface area contributed by atoms with Crippen molar-refractivity contribution in [2.75, 3.05) is 71.8 Å². The number of esters is 2. The lowest BCUT2D eigenvalue weighted by atomic mass is 9.60. The van der Waals surface area contributed by atoms with Gasteiger partial charge in [-0.3, -0.25) is 29.5 Å². The lowest BCUT2D eigenvalue weighted by Gasteiger charge is -2.46. The first kappa shape index (κ1) is 72.0. The largest absolute Gasteiger partial charge is 0.463 e. The Hall–Kier alpha value is -2.99. The van der Waals surface area contributed by atoms with Crippen molar-refractivity contribution >= 4 is 55.0 Å². The van der Waals surface area contributed by atoms with E-state index in [-0.39, 0.29) is 78.4 Å². The lowest BCUT2D eigenvalue weighted by molar-refractivity contribution is -0.148. The highest BCUT2D eigenvalue weighted by Crippen LogP contribution is 2.50. The van der Waals surface area contributed by atoms with Gasteiger partial charge < -0.3 is 42.5 Å². The second kappa shape index (κ2) is 32.8. The fourth-order valence-electron chi connectivity index (χ4n) is 12.0. The fraction of sp³-hybridized carbons (Fsp3) is 0.855. The monoisotopic (exact) mass is 1120 g/mol. The van der Waals surface area contributed by atoms with Gasteiger partial charge in [-0.15, -0.1) is 0 Å². The molecule has 1 heterocycles. The van der Waals surface area contributed by atoms with Gasteiger partial charge in [-0.25, -0.2) is 9.78 Å². The average molecular weight is 1120 g/mol. The number of anilines is 1. The normalized spacial score (nSPS) is 19.2. The van der Waals surface area contributed by atoms with E-state index in [0.717, 1.165) is 57.0 Å². The highest BCUT2D eigenvalue weighted by Gasteiger charge is 2.43. The summed E-state index contributed by atoms with van der Waals surface area (Å²) in [4.78, 5) is 66.4. The van der Waals surface area contributed by atoms with Gasteiger partial charge in [0.15, 0.2) is 16.6 Å². The zero-order valence-corrected chi connectivity index (χ0v) is 51.6. The maximum atomic E-state index is 12.7. The van der Waals surface area contributed by atoms with Crippen molar-refractivity contribution in [2.24, 2.45) is 33.5 Å². The first-order chi connectivity index (χ1) is 33.7. The molecule has 0 aromatic carbocycles. The van der Waals surface area contributed by atoms with E-state index < -0.39 is 31.2 Å². The van der Waals surface area contributed by atoms with E-state index in [0.29, 0.717) is 89.2 Å². The predicted octanol–water partition coefficient (Wildman–Crippen LogP) is 11.3. The Balaban J connectivity index is 0.00000231. The Bertz CT molecular complexity index is 1930. The van der Waals surface area contributed by atoms with E-state index in [9.17, 15) is 24.0 Å². The van der Waals surface area contributed by atoms with Crippen LogP contribution in [0.3, 0.4) is 0 Å². The molecule has 1 aromatic rings. The van der Waals surface area contributed by atoms with Crippen molar-refractivity contribution in [3.05, 3.63) is 21.6 Å². The van der Waals surface area contributed by atoms with Crippen molar-refractivity contribution in [1.82, 2.24) is 20.6 Å². The molecule has 438 valence electrons. The molecule has 2 aliphatic rings. The van der Waals surface area contributed by atoms with E-state index in [1.807, 2.05) is 0 Å². The van der Waals surface area contributed by atoms with Crippen LogP contribution in [0, 0.1) is 40.4 Å². The van der Waals surface area contributed by atoms with Gasteiger partial charge in [0.25, 0.3) is 5.56 Å². The van der Waals surface area contributed by atoms with Crippen LogP contribution in [0.1, 0.15) is 153 Å². The Morgan fingerprint density at radius 2 is 1.15 bits per heavy atom. The number of carbonyl (C=O) groups is 4. The standard InChI is InChI=1S/C42H83NO9Si3.C11H18N4O3.2CH4/c1-34(44)43-33-42(8)30-36(29-41(6,7)32-42)26-38(46)50-22-20-48-18-16-24-54(11,12)52-55(13,14)51-53(9,10)23-15-17-47-19-21-49-37(45)25-35-27-39(2,3)31-40(4,5)28-35;1-4-12-11(17)15-10-13-7(2)8(5-6-18-3)9(16)14-10;;/h35-36H,15-33H2,1-14H3,(H,43,44);4-6H2,1-3H3,(H3,12,13,14,15,16,17);2*1H4. The van der Waals surface area contributed by atoms with Gasteiger partial charge in [0.05, 0.1) is 25.5 Å². The molecule has 3 amide bonds. The number of amides is 3. The molecule has 3 rings (SSSR count). The number of aromatic nitrogens is 2.